The molecule has 0 aliphatic carbocycles. The van der Waals surface area contributed by atoms with Crippen molar-refractivity contribution in [1.82, 2.24) is 30.6 Å². The summed E-state index contributed by atoms with van der Waals surface area (Å²) in [4.78, 5) is 27.6. The number of rotatable bonds is 2. The molecule has 1 unspecified atom stereocenters. The number of H-pyrrole nitrogens is 1. The molecule has 0 saturated carbocycles. The zero-order valence-electron chi connectivity index (χ0n) is 14.0. The summed E-state index contributed by atoms with van der Waals surface area (Å²) in [6.07, 6.45) is 2.87. The molecule has 1 aromatic rings. The van der Waals surface area contributed by atoms with Crippen molar-refractivity contribution in [3.63, 3.8) is 0 Å². The maximum atomic E-state index is 12.6. The molecule has 1 atom stereocenters. The summed E-state index contributed by atoms with van der Waals surface area (Å²) in [6.45, 7) is 3.81. The second kappa shape index (κ2) is 6.08. The number of carbonyl (C=O) groups excluding carboxylic acids is 2. The Morgan fingerprint density at radius 2 is 2.08 bits per heavy atom. The van der Waals surface area contributed by atoms with Crippen LogP contribution in [0.3, 0.4) is 0 Å². The molecule has 3 amide bonds. The number of aromatic nitrogens is 2. The zero-order chi connectivity index (χ0) is 16.7. The highest BCUT2D eigenvalue weighted by Crippen LogP contribution is 2.31. The lowest BCUT2D eigenvalue weighted by atomic mass is 9.89. The van der Waals surface area contributed by atoms with Gasteiger partial charge in [-0.2, -0.15) is 5.10 Å². The fourth-order valence-corrected chi connectivity index (χ4v) is 3.98. The van der Waals surface area contributed by atoms with Crippen LogP contribution >= 0.6 is 0 Å². The first kappa shape index (κ1) is 15.4. The first-order valence-corrected chi connectivity index (χ1v) is 8.70. The molecule has 2 fully saturated rings. The summed E-state index contributed by atoms with van der Waals surface area (Å²) in [5, 5.41) is 13.9. The fraction of sp³-hybridized carbons (Fsp3) is 0.688. The molecular weight excluding hydrogens is 308 g/mol. The van der Waals surface area contributed by atoms with Gasteiger partial charge < -0.3 is 20.4 Å². The van der Waals surface area contributed by atoms with E-state index in [0.717, 1.165) is 45.4 Å². The van der Waals surface area contributed by atoms with Gasteiger partial charge in [0.1, 0.15) is 6.04 Å². The van der Waals surface area contributed by atoms with Crippen LogP contribution in [0.1, 0.15) is 35.7 Å². The van der Waals surface area contributed by atoms with Crippen molar-refractivity contribution < 1.29 is 9.59 Å². The number of nitrogens with zero attached hydrogens (tertiary/aromatic N) is 3. The number of nitrogens with one attached hydrogen (secondary N) is 3. The first-order valence-electron chi connectivity index (χ1n) is 8.70. The maximum Gasteiger partial charge on any atom is 0.317 e. The summed E-state index contributed by atoms with van der Waals surface area (Å²) >= 11 is 0. The topological polar surface area (TPSA) is 93.4 Å². The lowest BCUT2D eigenvalue weighted by Crippen LogP contribution is -2.48. The summed E-state index contributed by atoms with van der Waals surface area (Å²) < 4.78 is 0. The van der Waals surface area contributed by atoms with E-state index in [4.69, 9.17) is 0 Å². The van der Waals surface area contributed by atoms with Crippen molar-refractivity contribution in [3.05, 3.63) is 17.0 Å². The van der Waals surface area contributed by atoms with E-state index >= 15 is 0 Å². The second-order valence-electron chi connectivity index (χ2n) is 6.97. The predicted octanol–water partition coefficient (Wildman–Crippen LogP) is -0.215. The number of likely N-dealkylation sites (tertiary alicyclic amines) is 1. The average Bonchev–Trinajstić information content (AvgIpc) is 3.18. The SMILES string of the molecule is CN1CC(C(=O)N2CCC(c3n[nH]c4c3CNCC4)CC2)NC1=O. The Bertz CT molecular complexity index is 649. The molecule has 3 N–H and O–H groups in total. The number of likely N-dealkylation sites (N-methyl/N-ethyl adjacent to an activating group) is 1. The third-order valence-corrected chi connectivity index (χ3v) is 5.43. The van der Waals surface area contributed by atoms with Gasteiger partial charge >= 0.3 is 6.03 Å². The van der Waals surface area contributed by atoms with Crippen LogP contribution in [0.25, 0.3) is 0 Å². The lowest BCUT2D eigenvalue weighted by Gasteiger charge is -2.33. The van der Waals surface area contributed by atoms with Gasteiger partial charge in [-0.15, -0.1) is 0 Å². The molecule has 8 nitrogen and oxygen atoms in total. The van der Waals surface area contributed by atoms with Crippen LogP contribution < -0.4 is 10.6 Å². The molecule has 3 aliphatic heterocycles. The number of amides is 3. The van der Waals surface area contributed by atoms with Crippen LogP contribution in [0.15, 0.2) is 0 Å². The Balaban J connectivity index is 1.38. The average molecular weight is 332 g/mol. The van der Waals surface area contributed by atoms with Crippen molar-refractivity contribution in [3.8, 4) is 0 Å². The van der Waals surface area contributed by atoms with E-state index in [0.29, 0.717) is 12.5 Å². The minimum absolute atomic E-state index is 0.0388. The number of hydrogen-bond donors (Lipinski definition) is 3. The molecule has 0 spiro atoms. The van der Waals surface area contributed by atoms with E-state index < -0.39 is 6.04 Å². The molecule has 24 heavy (non-hydrogen) atoms. The highest BCUT2D eigenvalue weighted by atomic mass is 16.2. The van der Waals surface area contributed by atoms with Crippen molar-refractivity contribution in [1.29, 1.82) is 0 Å². The Morgan fingerprint density at radius 1 is 1.29 bits per heavy atom. The van der Waals surface area contributed by atoms with Gasteiger partial charge in [0, 0.05) is 56.8 Å². The van der Waals surface area contributed by atoms with Crippen molar-refractivity contribution in [2.24, 2.45) is 0 Å². The molecule has 4 rings (SSSR count). The van der Waals surface area contributed by atoms with Gasteiger partial charge in [0.05, 0.1) is 12.2 Å². The predicted molar refractivity (Wildman–Crippen MR) is 87.5 cm³/mol. The standard InChI is InChI=1S/C16H24N6O2/c1-21-9-13(18-16(21)24)15(23)22-6-3-10(4-7-22)14-11-8-17-5-2-12(11)19-20-14/h10,13,17H,2-9H2,1H3,(H,18,24)(H,19,20). The number of carbonyl (C=O) groups is 2. The molecule has 4 heterocycles. The summed E-state index contributed by atoms with van der Waals surface area (Å²) in [5.41, 5.74) is 3.77. The third kappa shape index (κ3) is 2.64. The largest absolute Gasteiger partial charge is 0.341 e. The highest BCUT2D eigenvalue weighted by Gasteiger charge is 2.36. The van der Waals surface area contributed by atoms with Gasteiger partial charge in [-0.1, -0.05) is 0 Å². The Kier molecular flexibility index (Phi) is 3.91. The molecule has 0 radical (unpaired) electrons. The number of urea groups is 1. The molecule has 1 aromatic heterocycles. The number of fused-ring (bicyclic) bond motifs is 1. The molecule has 0 bridgehead atoms. The normalized spacial score (nSPS) is 24.9. The Hall–Kier alpha value is -2.09. The summed E-state index contributed by atoms with van der Waals surface area (Å²) in [6, 6.07) is -0.569. The van der Waals surface area contributed by atoms with Crippen molar-refractivity contribution in [2.45, 2.75) is 37.8 Å². The van der Waals surface area contributed by atoms with E-state index in [1.54, 1.807) is 11.9 Å². The molecule has 2 saturated heterocycles. The quantitative estimate of drug-likeness (QED) is 0.698. The van der Waals surface area contributed by atoms with Gasteiger partial charge in [-0.05, 0) is 12.8 Å². The van der Waals surface area contributed by atoms with Gasteiger partial charge in [0.25, 0.3) is 0 Å². The van der Waals surface area contributed by atoms with Crippen LogP contribution in [0.2, 0.25) is 0 Å². The van der Waals surface area contributed by atoms with E-state index in [1.165, 1.54) is 17.0 Å². The smallest absolute Gasteiger partial charge is 0.317 e. The van der Waals surface area contributed by atoms with E-state index in [2.05, 4.69) is 20.8 Å². The summed E-state index contributed by atoms with van der Waals surface area (Å²) in [5.74, 6) is 0.451. The minimum atomic E-state index is -0.401. The van der Waals surface area contributed by atoms with Crippen molar-refractivity contribution in [2.75, 3.05) is 33.2 Å². The number of hydrogen-bond acceptors (Lipinski definition) is 4. The Labute approximate surface area is 140 Å². The van der Waals surface area contributed by atoms with Crippen molar-refractivity contribution >= 4 is 11.9 Å². The fourth-order valence-electron chi connectivity index (χ4n) is 3.98. The maximum absolute atomic E-state index is 12.6. The van der Waals surface area contributed by atoms with E-state index in [-0.39, 0.29) is 11.9 Å². The van der Waals surface area contributed by atoms with Gasteiger partial charge in [-0.25, -0.2) is 4.79 Å². The zero-order valence-corrected chi connectivity index (χ0v) is 14.0. The van der Waals surface area contributed by atoms with Crippen LogP contribution in [0.4, 0.5) is 4.79 Å². The summed E-state index contributed by atoms with van der Waals surface area (Å²) in [7, 11) is 1.71. The van der Waals surface area contributed by atoms with Gasteiger partial charge in [0.15, 0.2) is 0 Å². The third-order valence-electron chi connectivity index (χ3n) is 5.43. The van der Waals surface area contributed by atoms with Crippen LogP contribution in [0, 0.1) is 0 Å². The number of piperidine rings is 1. The monoisotopic (exact) mass is 332 g/mol. The highest BCUT2D eigenvalue weighted by molar-refractivity contribution is 5.90. The molecule has 0 aromatic carbocycles. The molecular formula is C16H24N6O2. The van der Waals surface area contributed by atoms with Crippen LogP contribution in [0.5, 0.6) is 0 Å². The first-order chi connectivity index (χ1) is 11.6. The van der Waals surface area contributed by atoms with Crippen LogP contribution in [-0.4, -0.2) is 71.2 Å². The van der Waals surface area contributed by atoms with Crippen LogP contribution in [-0.2, 0) is 17.8 Å². The van der Waals surface area contributed by atoms with E-state index in [1.807, 2.05) is 4.90 Å². The molecule has 130 valence electrons. The second-order valence-corrected chi connectivity index (χ2v) is 6.97. The number of aromatic amines is 1. The lowest BCUT2D eigenvalue weighted by molar-refractivity contribution is -0.133. The van der Waals surface area contributed by atoms with E-state index in [9.17, 15) is 9.59 Å². The molecule has 8 heteroatoms. The minimum Gasteiger partial charge on any atom is -0.341 e. The van der Waals surface area contributed by atoms with Gasteiger partial charge in [0.2, 0.25) is 5.91 Å². The Morgan fingerprint density at radius 3 is 2.79 bits per heavy atom. The van der Waals surface area contributed by atoms with Gasteiger partial charge in [-0.3, -0.25) is 9.89 Å². The molecule has 3 aliphatic rings.